The second kappa shape index (κ2) is 5.66. The lowest BCUT2D eigenvalue weighted by Crippen LogP contribution is -2.39. The van der Waals surface area contributed by atoms with Crippen LogP contribution >= 0.6 is 11.3 Å². The lowest BCUT2D eigenvalue weighted by molar-refractivity contribution is 0.0687. The van der Waals surface area contributed by atoms with Crippen LogP contribution in [-0.2, 0) is 4.74 Å². The molecule has 1 aromatic heterocycles. The van der Waals surface area contributed by atoms with Crippen molar-refractivity contribution in [3.05, 3.63) is 10.6 Å². The Kier molecular flexibility index (Phi) is 4.16. The maximum atomic E-state index is 11.5. The highest BCUT2D eigenvalue weighted by Crippen LogP contribution is 2.29. The molecule has 1 unspecified atom stereocenters. The zero-order valence-electron chi connectivity index (χ0n) is 10.9. The second-order valence-corrected chi connectivity index (χ2v) is 5.46. The number of carboxylic acid groups (broad SMARTS) is 1. The van der Waals surface area contributed by atoms with E-state index in [9.17, 15) is 9.59 Å². The molecule has 0 aliphatic carbocycles. The van der Waals surface area contributed by atoms with Gasteiger partial charge in [0.1, 0.15) is 4.88 Å². The predicted molar refractivity (Wildman–Crippen MR) is 71.3 cm³/mol. The fourth-order valence-corrected chi connectivity index (χ4v) is 3.12. The first-order valence-corrected chi connectivity index (χ1v) is 6.87. The van der Waals surface area contributed by atoms with Gasteiger partial charge in [-0.25, -0.2) is 9.78 Å². The van der Waals surface area contributed by atoms with E-state index in [2.05, 4.69) is 4.98 Å². The highest BCUT2D eigenvalue weighted by Gasteiger charge is 2.26. The van der Waals surface area contributed by atoms with Crippen LogP contribution in [0.1, 0.15) is 39.9 Å². The molecule has 1 saturated heterocycles. The summed E-state index contributed by atoms with van der Waals surface area (Å²) in [4.78, 5) is 28.8. The Labute approximate surface area is 115 Å². The van der Waals surface area contributed by atoms with Crippen LogP contribution in [0.25, 0.3) is 0 Å². The summed E-state index contributed by atoms with van der Waals surface area (Å²) in [5.41, 5.74) is -0.146. The molecule has 1 aromatic rings. The van der Waals surface area contributed by atoms with Crippen molar-refractivity contribution in [2.24, 2.45) is 0 Å². The van der Waals surface area contributed by atoms with Crippen molar-refractivity contribution in [2.45, 2.75) is 25.9 Å². The monoisotopic (exact) mass is 284 g/mol. The van der Waals surface area contributed by atoms with Crippen molar-refractivity contribution < 1.29 is 19.4 Å². The van der Waals surface area contributed by atoms with Crippen molar-refractivity contribution in [1.29, 1.82) is 0 Å². The number of aromatic carboxylic acids is 1. The van der Waals surface area contributed by atoms with Crippen LogP contribution in [0, 0.1) is 0 Å². The van der Waals surface area contributed by atoms with Crippen LogP contribution < -0.4 is 4.90 Å². The molecule has 7 heteroatoms. The van der Waals surface area contributed by atoms with Gasteiger partial charge in [0.15, 0.2) is 16.6 Å². The Morgan fingerprint density at radius 2 is 2.26 bits per heavy atom. The molecule has 0 aromatic carbocycles. The van der Waals surface area contributed by atoms with E-state index in [1.165, 1.54) is 6.92 Å². The van der Waals surface area contributed by atoms with Crippen molar-refractivity contribution in [3.8, 4) is 0 Å². The minimum Gasteiger partial charge on any atom is -0.476 e. The fourth-order valence-electron chi connectivity index (χ4n) is 2.13. The molecule has 0 radical (unpaired) electrons. The van der Waals surface area contributed by atoms with Gasteiger partial charge in [0.05, 0.1) is 6.10 Å². The summed E-state index contributed by atoms with van der Waals surface area (Å²) in [6.07, 6.45) is 2.09. The van der Waals surface area contributed by atoms with Gasteiger partial charge in [0.25, 0.3) is 0 Å². The molecule has 104 valence electrons. The van der Waals surface area contributed by atoms with E-state index >= 15 is 0 Å². The standard InChI is InChI=1S/C12H16N2O4S/c1-7(15)10-9(11(16)17)13-12(19-10)14-5-3-4-8(6-14)18-2/h8H,3-6H2,1-2H3,(H,16,17). The molecule has 1 N–H and O–H groups in total. The van der Waals surface area contributed by atoms with Gasteiger partial charge >= 0.3 is 5.97 Å². The first-order chi connectivity index (χ1) is 9.02. The summed E-state index contributed by atoms with van der Waals surface area (Å²) in [6.45, 7) is 2.85. The van der Waals surface area contributed by atoms with E-state index in [1.807, 2.05) is 4.90 Å². The Hall–Kier alpha value is -1.47. The lowest BCUT2D eigenvalue weighted by Gasteiger charge is -2.31. The van der Waals surface area contributed by atoms with E-state index in [1.54, 1.807) is 7.11 Å². The minimum atomic E-state index is -1.16. The van der Waals surface area contributed by atoms with Crippen LogP contribution in [0.2, 0.25) is 0 Å². The Bertz CT molecular complexity index is 468. The molecule has 1 aliphatic heterocycles. The normalized spacial score (nSPS) is 19.5. The topological polar surface area (TPSA) is 79.7 Å². The van der Waals surface area contributed by atoms with Gasteiger partial charge in [-0.05, 0) is 12.8 Å². The molecule has 19 heavy (non-hydrogen) atoms. The molecule has 1 aliphatic rings. The molecular formula is C12H16N2O4S. The summed E-state index contributed by atoms with van der Waals surface area (Å²) >= 11 is 1.14. The van der Waals surface area contributed by atoms with Gasteiger partial charge in [-0.3, -0.25) is 4.79 Å². The first-order valence-electron chi connectivity index (χ1n) is 6.05. The third-order valence-corrected chi connectivity index (χ3v) is 4.34. The van der Waals surface area contributed by atoms with Gasteiger partial charge in [-0.2, -0.15) is 0 Å². The number of anilines is 1. The largest absolute Gasteiger partial charge is 0.476 e. The summed E-state index contributed by atoms with van der Waals surface area (Å²) < 4.78 is 5.33. The number of piperidine rings is 1. The van der Waals surface area contributed by atoms with Gasteiger partial charge in [0.2, 0.25) is 0 Å². The molecule has 6 nitrogen and oxygen atoms in total. The van der Waals surface area contributed by atoms with Crippen molar-refractivity contribution in [2.75, 3.05) is 25.1 Å². The third-order valence-electron chi connectivity index (χ3n) is 3.12. The maximum Gasteiger partial charge on any atom is 0.356 e. The highest BCUT2D eigenvalue weighted by atomic mass is 32.1. The number of hydrogen-bond donors (Lipinski definition) is 1. The van der Waals surface area contributed by atoms with Gasteiger partial charge < -0.3 is 14.7 Å². The number of carbonyl (C=O) groups is 2. The minimum absolute atomic E-state index is 0.131. The zero-order valence-corrected chi connectivity index (χ0v) is 11.7. The van der Waals surface area contributed by atoms with Gasteiger partial charge in [0, 0.05) is 27.1 Å². The van der Waals surface area contributed by atoms with Crippen LogP contribution in [0.15, 0.2) is 0 Å². The average Bonchev–Trinajstić information content (AvgIpc) is 2.84. The van der Waals surface area contributed by atoms with Crippen molar-refractivity contribution in [3.63, 3.8) is 0 Å². The van der Waals surface area contributed by atoms with Crippen LogP contribution in [0.4, 0.5) is 5.13 Å². The molecule has 0 amide bonds. The molecule has 1 fully saturated rings. The molecule has 0 saturated carbocycles. The van der Waals surface area contributed by atoms with E-state index in [0.29, 0.717) is 11.7 Å². The van der Waals surface area contributed by atoms with Crippen molar-refractivity contribution in [1.82, 2.24) is 4.98 Å². The van der Waals surface area contributed by atoms with Gasteiger partial charge in [-0.15, -0.1) is 0 Å². The lowest BCUT2D eigenvalue weighted by atomic mass is 10.1. The number of methoxy groups -OCH3 is 1. The predicted octanol–water partition coefficient (Wildman–Crippen LogP) is 1.66. The Morgan fingerprint density at radius 1 is 1.53 bits per heavy atom. The van der Waals surface area contributed by atoms with Crippen molar-refractivity contribution >= 4 is 28.2 Å². The molecule has 0 bridgehead atoms. The zero-order chi connectivity index (χ0) is 14.0. The Balaban J connectivity index is 2.27. The van der Waals surface area contributed by atoms with E-state index in [4.69, 9.17) is 9.84 Å². The SMILES string of the molecule is COC1CCCN(c2nc(C(=O)O)c(C(C)=O)s2)C1. The summed E-state index contributed by atoms with van der Waals surface area (Å²) in [6, 6.07) is 0. The maximum absolute atomic E-state index is 11.5. The molecule has 0 spiro atoms. The van der Waals surface area contributed by atoms with E-state index in [0.717, 1.165) is 30.7 Å². The van der Waals surface area contributed by atoms with Crippen LogP contribution in [0.3, 0.4) is 0 Å². The summed E-state index contributed by atoms with van der Waals surface area (Å²) in [5, 5.41) is 9.66. The average molecular weight is 284 g/mol. The smallest absolute Gasteiger partial charge is 0.356 e. The molecular weight excluding hydrogens is 268 g/mol. The number of Topliss-reactive ketones (excluding diaryl/α,β-unsaturated/α-hetero) is 1. The first kappa shape index (κ1) is 14.0. The number of ether oxygens (including phenoxy) is 1. The summed E-state index contributed by atoms with van der Waals surface area (Å²) in [5.74, 6) is -1.42. The number of rotatable bonds is 4. The van der Waals surface area contributed by atoms with E-state index < -0.39 is 5.97 Å². The number of thiazole rings is 1. The van der Waals surface area contributed by atoms with Crippen LogP contribution in [-0.4, -0.2) is 48.1 Å². The number of carboxylic acids is 1. The third kappa shape index (κ3) is 2.93. The summed E-state index contributed by atoms with van der Waals surface area (Å²) in [7, 11) is 1.67. The number of carbonyl (C=O) groups excluding carboxylic acids is 1. The molecule has 2 heterocycles. The number of nitrogens with zero attached hydrogens (tertiary/aromatic N) is 2. The fraction of sp³-hybridized carbons (Fsp3) is 0.583. The van der Waals surface area contributed by atoms with Crippen LogP contribution in [0.5, 0.6) is 0 Å². The van der Waals surface area contributed by atoms with Gasteiger partial charge in [-0.1, -0.05) is 11.3 Å². The van der Waals surface area contributed by atoms with E-state index in [-0.39, 0.29) is 22.5 Å². The number of aromatic nitrogens is 1. The highest BCUT2D eigenvalue weighted by molar-refractivity contribution is 7.17. The number of hydrogen-bond acceptors (Lipinski definition) is 6. The molecule has 1 atom stereocenters. The second-order valence-electron chi connectivity index (χ2n) is 4.48. The Morgan fingerprint density at radius 3 is 2.79 bits per heavy atom. The molecule has 2 rings (SSSR count). The number of ketones is 1. The quantitative estimate of drug-likeness (QED) is 0.847.